The number of rotatable bonds is 9. The monoisotopic (exact) mass is 419 g/mol. The van der Waals surface area contributed by atoms with Crippen LogP contribution in [-0.2, 0) is 19.4 Å². The van der Waals surface area contributed by atoms with E-state index in [1.54, 1.807) is 10.8 Å². The van der Waals surface area contributed by atoms with Gasteiger partial charge in [0, 0.05) is 29.0 Å². The molecule has 0 spiro atoms. The van der Waals surface area contributed by atoms with Crippen LogP contribution < -0.4 is 4.84 Å². The number of hydrogen-bond acceptors (Lipinski definition) is 4. The van der Waals surface area contributed by atoms with E-state index in [-0.39, 0.29) is 11.9 Å². The second-order valence-electron chi connectivity index (χ2n) is 6.50. The molecule has 0 bridgehead atoms. The zero-order chi connectivity index (χ0) is 19.9. The number of halogens is 2. The summed E-state index contributed by atoms with van der Waals surface area (Å²) in [6.07, 6.45) is 5.63. The Bertz CT molecular complexity index is 928. The van der Waals surface area contributed by atoms with Crippen molar-refractivity contribution in [2.45, 2.75) is 25.8 Å². The summed E-state index contributed by atoms with van der Waals surface area (Å²) < 4.78 is 1.66. The summed E-state index contributed by atoms with van der Waals surface area (Å²) in [4.78, 5) is 19.2. The topological polar surface area (TPSA) is 70.2 Å². The van der Waals surface area contributed by atoms with Crippen molar-refractivity contribution in [2.75, 3.05) is 0 Å². The standard InChI is InChI=1S/C20H19Cl2N3O3/c21-18-9-7-15(8-10-18)5-6-16(13-17-3-1-2-4-19(17)22)14-24-12-11-23-20(24)28-25(26)27/h1-4,7-12,16H,5-6,13-14H2. The second kappa shape index (κ2) is 9.57. The average molecular weight is 420 g/mol. The highest BCUT2D eigenvalue weighted by Crippen LogP contribution is 2.24. The summed E-state index contributed by atoms with van der Waals surface area (Å²) in [6, 6.07) is 15.5. The van der Waals surface area contributed by atoms with Crippen molar-refractivity contribution in [3.63, 3.8) is 0 Å². The molecule has 1 heterocycles. The molecule has 1 unspecified atom stereocenters. The molecule has 1 atom stereocenters. The van der Waals surface area contributed by atoms with E-state index in [2.05, 4.69) is 9.82 Å². The molecule has 3 rings (SSSR count). The van der Waals surface area contributed by atoms with Gasteiger partial charge in [-0.25, -0.2) is 9.82 Å². The van der Waals surface area contributed by atoms with E-state index in [0.29, 0.717) is 16.6 Å². The quantitative estimate of drug-likeness (QED) is 0.350. The van der Waals surface area contributed by atoms with Crippen molar-refractivity contribution in [1.29, 1.82) is 0 Å². The lowest BCUT2D eigenvalue weighted by Crippen LogP contribution is -2.17. The fraction of sp³-hybridized carbons (Fsp3) is 0.250. The number of hydrogen-bond donors (Lipinski definition) is 0. The Morgan fingerprint density at radius 1 is 1.14 bits per heavy atom. The highest BCUT2D eigenvalue weighted by atomic mass is 35.5. The normalized spacial score (nSPS) is 11.9. The van der Waals surface area contributed by atoms with Crippen LogP contribution in [0.5, 0.6) is 6.01 Å². The van der Waals surface area contributed by atoms with E-state index in [9.17, 15) is 10.1 Å². The molecule has 0 N–H and O–H groups in total. The van der Waals surface area contributed by atoms with E-state index in [1.165, 1.54) is 11.8 Å². The van der Waals surface area contributed by atoms with Gasteiger partial charge in [-0.3, -0.25) is 0 Å². The molecule has 2 aromatic carbocycles. The molecule has 28 heavy (non-hydrogen) atoms. The van der Waals surface area contributed by atoms with Crippen LogP contribution in [0.15, 0.2) is 60.9 Å². The second-order valence-corrected chi connectivity index (χ2v) is 7.35. The molecule has 0 saturated heterocycles. The van der Waals surface area contributed by atoms with Crippen molar-refractivity contribution in [3.8, 4) is 6.01 Å². The summed E-state index contributed by atoms with van der Waals surface area (Å²) >= 11 is 12.3. The molecule has 0 amide bonds. The van der Waals surface area contributed by atoms with Crippen LogP contribution in [-0.4, -0.2) is 14.6 Å². The van der Waals surface area contributed by atoms with Crippen molar-refractivity contribution >= 4 is 23.2 Å². The highest BCUT2D eigenvalue weighted by Gasteiger charge is 2.16. The summed E-state index contributed by atoms with van der Waals surface area (Å²) in [5.74, 6) is 0.180. The Labute approximate surface area is 172 Å². The molecule has 146 valence electrons. The molecule has 0 saturated carbocycles. The van der Waals surface area contributed by atoms with Crippen LogP contribution in [0.25, 0.3) is 0 Å². The molecule has 6 nitrogen and oxygen atoms in total. The number of benzene rings is 2. The average Bonchev–Trinajstić information content (AvgIpc) is 3.09. The van der Waals surface area contributed by atoms with E-state index < -0.39 is 5.09 Å². The van der Waals surface area contributed by atoms with Crippen LogP contribution in [0.1, 0.15) is 17.5 Å². The fourth-order valence-electron chi connectivity index (χ4n) is 3.13. The van der Waals surface area contributed by atoms with Crippen LogP contribution in [0.2, 0.25) is 10.0 Å². The Morgan fingerprint density at radius 3 is 2.61 bits per heavy atom. The molecular formula is C20H19Cl2N3O3. The van der Waals surface area contributed by atoms with Crippen LogP contribution in [0, 0.1) is 16.0 Å². The van der Waals surface area contributed by atoms with Gasteiger partial charge in [-0.05, 0) is 54.5 Å². The van der Waals surface area contributed by atoms with Crippen LogP contribution in [0.3, 0.4) is 0 Å². The Balaban J connectivity index is 1.75. The van der Waals surface area contributed by atoms with Crippen molar-refractivity contribution in [2.24, 2.45) is 5.92 Å². The van der Waals surface area contributed by atoms with Gasteiger partial charge in [-0.1, -0.05) is 53.5 Å². The first-order chi connectivity index (χ1) is 13.5. The SMILES string of the molecule is O=[N+]([O-])Oc1nccn1CC(CCc1ccc(Cl)cc1)Cc1ccccc1Cl. The lowest BCUT2D eigenvalue weighted by Gasteiger charge is -2.19. The minimum atomic E-state index is -0.852. The molecule has 0 aliphatic carbocycles. The number of aryl methyl sites for hydroxylation is 1. The molecule has 3 aromatic rings. The van der Waals surface area contributed by atoms with Gasteiger partial charge in [0.15, 0.2) is 0 Å². The minimum absolute atomic E-state index is 0.0272. The first-order valence-electron chi connectivity index (χ1n) is 8.82. The summed E-state index contributed by atoms with van der Waals surface area (Å²) in [7, 11) is 0. The van der Waals surface area contributed by atoms with E-state index in [0.717, 1.165) is 24.8 Å². The van der Waals surface area contributed by atoms with Crippen molar-refractivity contribution < 1.29 is 9.92 Å². The van der Waals surface area contributed by atoms with Gasteiger partial charge in [0.25, 0.3) is 6.01 Å². The van der Waals surface area contributed by atoms with Gasteiger partial charge in [0.2, 0.25) is 0 Å². The fourth-order valence-corrected chi connectivity index (χ4v) is 3.47. The molecule has 0 aliphatic rings. The van der Waals surface area contributed by atoms with Crippen LogP contribution in [0.4, 0.5) is 0 Å². The van der Waals surface area contributed by atoms with Gasteiger partial charge in [0.1, 0.15) is 0 Å². The lowest BCUT2D eigenvalue weighted by molar-refractivity contribution is -0.713. The maximum absolute atomic E-state index is 10.7. The summed E-state index contributed by atoms with van der Waals surface area (Å²) in [5.41, 5.74) is 2.23. The van der Waals surface area contributed by atoms with E-state index >= 15 is 0 Å². The summed E-state index contributed by atoms with van der Waals surface area (Å²) in [6.45, 7) is 0.530. The van der Waals surface area contributed by atoms with Crippen LogP contribution >= 0.6 is 23.2 Å². The van der Waals surface area contributed by atoms with Crippen molar-refractivity contribution in [3.05, 3.63) is 92.2 Å². The Hall–Kier alpha value is -2.57. The smallest absolute Gasteiger partial charge is 0.302 e. The molecule has 0 aliphatic heterocycles. The number of aromatic nitrogens is 2. The first-order valence-corrected chi connectivity index (χ1v) is 9.58. The van der Waals surface area contributed by atoms with Gasteiger partial charge in [-0.15, -0.1) is 10.1 Å². The minimum Gasteiger partial charge on any atom is -0.312 e. The van der Waals surface area contributed by atoms with E-state index in [1.807, 2.05) is 48.5 Å². The first kappa shape index (κ1) is 20.2. The third-order valence-electron chi connectivity index (χ3n) is 4.51. The van der Waals surface area contributed by atoms with Gasteiger partial charge in [0.05, 0.1) is 0 Å². The van der Waals surface area contributed by atoms with Gasteiger partial charge in [-0.2, -0.15) is 0 Å². The molecular weight excluding hydrogens is 401 g/mol. The van der Waals surface area contributed by atoms with E-state index in [4.69, 9.17) is 23.2 Å². The molecule has 0 radical (unpaired) electrons. The molecule has 0 fully saturated rings. The molecule has 8 heteroatoms. The maximum Gasteiger partial charge on any atom is 0.302 e. The summed E-state index contributed by atoms with van der Waals surface area (Å²) in [5, 5.41) is 11.2. The van der Waals surface area contributed by atoms with Gasteiger partial charge < -0.3 is 4.57 Å². The Morgan fingerprint density at radius 2 is 1.89 bits per heavy atom. The zero-order valence-corrected chi connectivity index (χ0v) is 16.5. The third-order valence-corrected chi connectivity index (χ3v) is 5.13. The highest BCUT2D eigenvalue weighted by molar-refractivity contribution is 6.31. The lowest BCUT2D eigenvalue weighted by atomic mass is 9.92. The van der Waals surface area contributed by atoms with Crippen molar-refractivity contribution in [1.82, 2.24) is 9.55 Å². The Kier molecular flexibility index (Phi) is 6.90. The predicted molar refractivity (Wildman–Crippen MR) is 108 cm³/mol. The third kappa shape index (κ3) is 5.71. The maximum atomic E-state index is 10.7. The predicted octanol–water partition coefficient (Wildman–Crippen LogP) is 5.25. The zero-order valence-electron chi connectivity index (χ0n) is 15.0. The molecule has 1 aromatic heterocycles. The van der Waals surface area contributed by atoms with Gasteiger partial charge >= 0.3 is 5.09 Å². The number of imidazole rings is 1. The number of nitrogens with zero attached hydrogens (tertiary/aromatic N) is 3. The largest absolute Gasteiger partial charge is 0.312 e.